The number of hydrogen-bond acceptors (Lipinski definition) is 4. The van der Waals surface area contributed by atoms with Gasteiger partial charge in [0.15, 0.2) is 11.5 Å². The number of benzene rings is 2. The Morgan fingerprint density at radius 2 is 1.64 bits per heavy atom. The summed E-state index contributed by atoms with van der Waals surface area (Å²) in [5, 5.41) is 0.442. The highest BCUT2D eigenvalue weighted by atomic mass is 35.5. The Labute approximate surface area is 167 Å². The zero-order chi connectivity index (χ0) is 19.5. The predicted octanol–water partition coefficient (Wildman–Crippen LogP) is 3.07. The Kier molecular flexibility index (Phi) is 5.21. The van der Waals surface area contributed by atoms with Crippen molar-refractivity contribution in [2.45, 2.75) is 0 Å². The van der Waals surface area contributed by atoms with E-state index >= 15 is 0 Å². The summed E-state index contributed by atoms with van der Waals surface area (Å²) in [6.45, 7) is 2.15. The molecular formula is C21H19ClN2O4. The van der Waals surface area contributed by atoms with Crippen LogP contribution in [0.1, 0.15) is 15.9 Å². The van der Waals surface area contributed by atoms with Crippen LogP contribution in [0.25, 0.3) is 6.08 Å². The molecule has 2 aliphatic heterocycles. The highest BCUT2D eigenvalue weighted by Gasteiger charge is 2.25. The molecule has 0 bridgehead atoms. The molecule has 7 heteroatoms. The minimum atomic E-state index is -0.103. The lowest BCUT2D eigenvalue weighted by Gasteiger charge is -2.34. The molecule has 0 unspecified atom stereocenters. The normalized spacial score (nSPS) is 15.9. The lowest BCUT2D eigenvalue weighted by Crippen LogP contribution is -2.50. The van der Waals surface area contributed by atoms with Gasteiger partial charge in [-0.05, 0) is 35.9 Å². The van der Waals surface area contributed by atoms with E-state index in [1.54, 1.807) is 46.2 Å². The van der Waals surface area contributed by atoms with Crippen LogP contribution in [0.2, 0.25) is 5.02 Å². The third-order valence-corrected chi connectivity index (χ3v) is 5.13. The number of amides is 2. The molecule has 0 spiro atoms. The van der Waals surface area contributed by atoms with Gasteiger partial charge >= 0.3 is 0 Å². The number of nitrogens with zero attached hydrogens (tertiary/aromatic N) is 2. The molecule has 0 saturated carbocycles. The van der Waals surface area contributed by atoms with Gasteiger partial charge in [-0.1, -0.05) is 29.8 Å². The Balaban J connectivity index is 1.34. The average molecular weight is 399 g/mol. The summed E-state index contributed by atoms with van der Waals surface area (Å²) in [6.07, 6.45) is 3.30. The van der Waals surface area contributed by atoms with E-state index in [-0.39, 0.29) is 18.6 Å². The molecule has 28 heavy (non-hydrogen) atoms. The van der Waals surface area contributed by atoms with Crippen molar-refractivity contribution in [1.82, 2.24) is 9.80 Å². The van der Waals surface area contributed by atoms with E-state index < -0.39 is 0 Å². The topological polar surface area (TPSA) is 59.1 Å². The third kappa shape index (κ3) is 3.82. The molecule has 6 nitrogen and oxygen atoms in total. The number of rotatable bonds is 3. The standard InChI is InChI=1S/C21H19ClN2O4/c22-17-4-2-1-3-16(17)21(26)24-11-9-23(10-12-24)20(25)8-6-15-5-7-18-19(13-15)28-14-27-18/h1-8,13H,9-12,14H2/b8-6+. The van der Waals surface area contributed by atoms with Crippen LogP contribution in [0.4, 0.5) is 0 Å². The fourth-order valence-corrected chi connectivity index (χ4v) is 3.44. The van der Waals surface area contributed by atoms with Crippen LogP contribution in [0.3, 0.4) is 0 Å². The average Bonchev–Trinajstić information content (AvgIpc) is 3.20. The van der Waals surface area contributed by atoms with Gasteiger partial charge in [0.05, 0.1) is 10.6 Å². The van der Waals surface area contributed by atoms with Gasteiger partial charge in [-0.25, -0.2) is 0 Å². The number of piperazine rings is 1. The van der Waals surface area contributed by atoms with Crippen molar-refractivity contribution in [2.75, 3.05) is 33.0 Å². The van der Waals surface area contributed by atoms with Crippen molar-refractivity contribution in [3.05, 3.63) is 64.7 Å². The van der Waals surface area contributed by atoms with Gasteiger partial charge in [0, 0.05) is 32.3 Å². The molecule has 2 aliphatic rings. The first-order valence-corrected chi connectivity index (χ1v) is 9.40. The molecule has 4 rings (SSSR count). The van der Waals surface area contributed by atoms with E-state index in [9.17, 15) is 9.59 Å². The van der Waals surface area contributed by atoms with Crippen molar-refractivity contribution in [2.24, 2.45) is 0 Å². The third-order valence-electron chi connectivity index (χ3n) is 4.80. The largest absolute Gasteiger partial charge is 0.454 e. The van der Waals surface area contributed by atoms with E-state index in [4.69, 9.17) is 21.1 Å². The van der Waals surface area contributed by atoms with E-state index in [0.29, 0.717) is 48.3 Å². The predicted molar refractivity (Wildman–Crippen MR) is 106 cm³/mol. The maximum atomic E-state index is 12.6. The molecule has 144 valence electrons. The van der Waals surface area contributed by atoms with Crippen molar-refractivity contribution >= 4 is 29.5 Å². The van der Waals surface area contributed by atoms with Gasteiger partial charge in [0.2, 0.25) is 12.7 Å². The Morgan fingerprint density at radius 1 is 0.929 bits per heavy atom. The molecule has 0 aliphatic carbocycles. The summed E-state index contributed by atoms with van der Waals surface area (Å²) >= 11 is 6.11. The van der Waals surface area contributed by atoms with E-state index in [1.807, 2.05) is 18.2 Å². The fourth-order valence-electron chi connectivity index (χ4n) is 3.22. The Bertz CT molecular complexity index is 936. The number of hydrogen-bond donors (Lipinski definition) is 0. The molecule has 2 heterocycles. The zero-order valence-corrected chi connectivity index (χ0v) is 15.9. The Hall–Kier alpha value is -2.99. The number of halogens is 1. The van der Waals surface area contributed by atoms with Gasteiger partial charge in [-0.2, -0.15) is 0 Å². The molecule has 0 radical (unpaired) electrons. The van der Waals surface area contributed by atoms with Gasteiger partial charge in [0.1, 0.15) is 0 Å². The number of fused-ring (bicyclic) bond motifs is 1. The highest BCUT2D eigenvalue weighted by molar-refractivity contribution is 6.33. The first-order valence-electron chi connectivity index (χ1n) is 9.02. The second-order valence-electron chi connectivity index (χ2n) is 6.54. The van der Waals surface area contributed by atoms with E-state index in [0.717, 1.165) is 5.56 Å². The van der Waals surface area contributed by atoms with Crippen LogP contribution in [0, 0.1) is 0 Å². The van der Waals surface area contributed by atoms with Crippen molar-refractivity contribution < 1.29 is 19.1 Å². The number of carbonyl (C=O) groups excluding carboxylic acids is 2. The smallest absolute Gasteiger partial charge is 0.255 e. The van der Waals surface area contributed by atoms with Crippen LogP contribution < -0.4 is 9.47 Å². The quantitative estimate of drug-likeness (QED) is 0.745. The zero-order valence-electron chi connectivity index (χ0n) is 15.1. The lowest BCUT2D eigenvalue weighted by atomic mass is 10.1. The van der Waals surface area contributed by atoms with Crippen LogP contribution >= 0.6 is 11.6 Å². The SMILES string of the molecule is O=C(/C=C/c1ccc2c(c1)OCO2)N1CCN(C(=O)c2ccccc2Cl)CC1. The second-order valence-corrected chi connectivity index (χ2v) is 6.95. The van der Waals surface area contributed by atoms with Crippen molar-refractivity contribution in [1.29, 1.82) is 0 Å². The van der Waals surface area contributed by atoms with Crippen LogP contribution in [0.5, 0.6) is 11.5 Å². The van der Waals surface area contributed by atoms with Gasteiger partial charge < -0.3 is 19.3 Å². The molecule has 0 N–H and O–H groups in total. The van der Waals surface area contributed by atoms with E-state index in [2.05, 4.69) is 0 Å². The monoisotopic (exact) mass is 398 g/mol. The molecular weight excluding hydrogens is 380 g/mol. The minimum Gasteiger partial charge on any atom is -0.454 e. The maximum absolute atomic E-state index is 12.6. The second kappa shape index (κ2) is 7.94. The molecule has 2 aromatic carbocycles. The van der Waals surface area contributed by atoms with Crippen LogP contribution in [-0.4, -0.2) is 54.6 Å². The summed E-state index contributed by atoms with van der Waals surface area (Å²) in [6, 6.07) is 12.5. The highest BCUT2D eigenvalue weighted by Crippen LogP contribution is 2.32. The molecule has 0 atom stereocenters. The molecule has 1 saturated heterocycles. The van der Waals surface area contributed by atoms with Crippen molar-refractivity contribution in [3.8, 4) is 11.5 Å². The number of ether oxygens (including phenoxy) is 2. The minimum absolute atomic E-state index is 0.0810. The van der Waals surface area contributed by atoms with Crippen LogP contribution in [0.15, 0.2) is 48.5 Å². The fraction of sp³-hybridized carbons (Fsp3) is 0.238. The van der Waals surface area contributed by atoms with Crippen LogP contribution in [-0.2, 0) is 4.79 Å². The summed E-state index contributed by atoms with van der Waals surface area (Å²) in [5.41, 5.74) is 1.36. The lowest BCUT2D eigenvalue weighted by molar-refractivity contribution is -0.127. The summed E-state index contributed by atoms with van der Waals surface area (Å²) in [4.78, 5) is 28.5. The van der Waals surface area contributed by atoms with Gasteiger partial charge in [0.25, 0.3) is 5.91 Å². The molecule has 2 aromatic rings. The molecule has 2 amide bonds. The summed E-state index contributed by atoms with van der Waals surface area (Å²) in [5.74, 6) is 1.21. The van der Waals surface area contributed by atoms with Crippen molar-refractivity contribution in [3.63, 3.8) is 0 Å². The van der Waals surface area contributed by atoms with Gasteiger partial charge in [-0.15, -0.1) is 0 Å². The summed E-state index contributed by atoms with van der Waals surface area (Å²) < 4.78 is 10.6. The first kappa shape index (κ1) is 18.4. The van der Waals surface area contributed by atoms with E-state index in [1.165, 1.54) is 0 Å². The number of carbonyl (C=O) groups is 2. The Morgan fingerprint density at radius 3 is 2.43 bits per heavy atom. The summed E-state index contributed by atoms with van der Waals surface area (Å²) in [7, 11) is 0. The maximum Gasteiger partial charge on any atom is 0.255 e. The molecule has 0 aromatic heterocycles. The first-order chi connectivity index (χ1) is 13.6. The molecule has 1 fully saturated rings. The van der Waals surface area contributed by atoms with Gasteiger partial charge in [-0.3, -0.25) is 9.59 Å².